The number of carbonyl (C=O) groups excluding carboxylic acids is 1. The van der Waals surface area contributed by atoms with Gasteiger partial charge in [0.2, 0.25) is 5.91 Å². The standard InChI is InChI=1S/C17H24N2O4/c1-9-6-11(12(16(21)22)7-10(9)2)15(20)18-14-8-13(23-19-14)17(3,4)5/h8,11-12H,6-7H2,1-5H3,(H,21,22)(H,18,19,20)/t11-,12+/m0/s1. The Bertz CT molecular complexity index is 652. The molecule has 1 amide bonds. The van der Waals surface area contributed by atoms with Crippen molar-refractivity contribution in [1.82, 2.24) is 5.16 Å². The minimum absolute atomic E-state index is 0.207. The molecule has 0 aromatic carbocycles. The molecule has 2 rings (SSSR count). The topological polar surface area (TPSA) is 92.4 Å². The number of amides is 1. The fourth-order valence-corrected chi connectivity index (χ4v) is 2.73. The maximum Gasteiger partial charge on any atom is 0.307 e. The molecule has 6 heteroatoms. The summed E-state index contributed by atoms with van der Waals surface area (Å²) in [6.45, 7) is 9.82. The van der Waals surface area contributed by atoms with E-state index < -0.39 is 17.8 Å². The second-order valence-corrected chi connectivity index (χ2v) is 7.34. The molecule has 126 valence electrons. The summed E-state index contributed by atoms with van der Waals surface area (Å²) in [6.07, 6.45) is 0.865. The lowest BCUT2D eigenvalue weighted by molar-refractivity contribution is -0.146. The number of carbonyl (C=O) groups is 2. The zero-order chi connectivity index (χ0) is 17.4. The predicted octanol–water partition coefficient (Wildman–Crippen LogP) is 3.36. The van der Waals surface area contributed by atoms with Gasteiger partial charge in [-0.3, -0.25) is 9.59 Å². The minimum atomic E-state index is -0.937. The summed E-state index contributed by atoms with van der Waals surface area (Å²) >= 11 is 0. The van der Waals surface area contributed by atoms with E-state index in [-0.39, 0.29) is 11.3 Å². The van der Waals surface area contributed by atoms with Crippen LogP contribution in [-0.4, -0.2) is 22.1 Å². The highest BCUT2D eigenvalue weighted by molar-refractivity contribution is 5.94. The summed E-state index contributed by atoms with van der Waals surface area (Å²) in [6, 6.07) is 1.68. The maximum atomic E-state index is 12.5. The Hall–Kier alpha value is -2.11. The number of allylic oxidation sites excluding steroid dienone is 2. The van der Waals surface area contributed by atoms with E-state index in [2.05, 4.69) is 10.5 Å². The normalized spacial score (nSPS) is 22.1. The smallest absolute Gasteiger partial charge is 0.307 e. The third-order valence-electron chi connectivity index (χ3n) is 4.42. The van der Waals surface area contributed by atoms with Crippen LogP contribution in [-0.2, 0) is 15.0 Å². The van der Waals surface area contributed by atoms with Crippen LogP contribution in [0.3, 0.4) is 0 Å². The van der Waals surface area contributed by atoms with Crippen molar-refractivity contribution < 1.29 is 19.2 Å². The van der Waals surface area contributed by atoms with E-state index in [0.717, 1.165) is 11.1 Å². The summed E-state index contributed by atoms with van der Waals surface area (Å²) in [5, 5.41) is 16.0. The number of nitrogens with one attached hydrogen (secondary N) is 1. The molecule has 0 saturated heterocycles. The highest BCUT2D eigenvalue weighted by Gasteiger charge is 2.37. The second-order valence-electron chi connectivity index (χ2n) is 7.34. The van der Waals surface area contributed by atoms with Crippen molar-refractivity contribution in [2.75, 3.05) is 5.32 Å². The quantitative estimate of drug-likeness (QED) is 0.833. The summed E-state index contributed by atoms with van der Waals surface area (Å²) < 4.78 is 5.24. The zero-order valence-corrected chi connectivity index (χ0v) is 14.3. The molecule has 6 nitrogen and oxygen atoms in total. The van der Waals surface area contributed by atoms with Gasteiger partial charge in [0.05, 0.1) is 11.8 Å². The first kappa shape index (κ1) is 17.2. The molecule has 1 aromatic rings. The maximum absolute atomic E-state index is 12.5. The lowest BCUT2D eigenvalue weighted by Crippen LogP contribution is -2.36. The average molecular weight is 320 g/mol. The molecule has 23 heavy (non-hydrogen) atoms. The van der Waals surface area contributed by atoms with Crippen LogP contribution in [0.2, 0.25) is 0 Å². The molecule has 0 bridgehead atoms. The van der Waals surface area contributed by atoms with Crippen molar-refractivity contribution in [1.29, 1.82) is 0 Å². The van der Waals surface area contributed by atoms with Crippen LogP contribution in [0.4, 0.5) is 5.82 Å². The Morgan fingerprint density at radius 2 is 1.78 bits per heavy atom. The van der Waals surface area contributed by atoms with Crippen LogP contribution in [0, 0.1) is 11.8 Å². The number of carboxylic acids is 1. The van der Waals surface area contributed by atoms with Gasteiger partial charge in [-0.05, 0) is 26.7 Å². The highest BCUT2D eigenvalue weighted by atomic mass is 16.5. The average Bonchev–Trinajstić information content (AvgIpc) is 2.89. The van der Waals surface area contributed by atoms with Crippen molar-refractivity contribution in [3.8, 4) is 0 Å². The van der Waals surface area contributed by atoms with E-state index in [1.54, 1.807) is 6.07 Å². The molecule has 1 aliphatic carbocycles. The molecular formula is C17H24N2O4. The Kier molecular flexibility index (Phi) is 4.63. The molecule has 1 aliphatic rings. The third kappa shape index (κ3) is 3.81. The minimum Gasteiger partial charge on any atom is -0.481 e. The Balaban J connectivity index is 2.16. The molecule has 1 aromatic heterocycles. The van der Waals surface area contributed by atoms with Crippen molar-refractivity contribution in [3.05, 3.63) is 23.0 Å². The van der Waals surface area contributed by atoms with Crippen LogP contribution in [0.1, 0.15) is 53.2 Å². The van der Waals surface area contributed by atoms with E-state index in [1.807, 2.05) is 34.6 Å². The molecule has 0 unspecified atom stereocenters. The molecule has 0 saturated carbocycles. The summed E-state index contributed by atoms with van der Waals surface area (Å²) in [7, 11) is 0. The number of aromatic nitrogens is 1. The van der Waals surface area contributed by atoms with Crippen molar-refractivity contribution in [2.45, 2.75) is 52.9 Å². The molecule has 2 atom stereocenters. The highest BCUT2D eigenvalue weighted by Crippen LogP contribution is 2.35. The number of hydrogen-bond acceptors (Lipinski definition) is 4. The van der Waals surface area contributed by atoms with E-state index in [9.17, 15) is 14.7 Å². The molecule has 0 spiro atoms. The lowest BCUT2D eigenvalue weighted by atomic mass is 9.76. The van der Waals surface area contributed by atoms with E-state index in [4.69, 9.17) is 4.52 Å². The lowest BCUT2D eigenvalue weighted by Gasteiger charge is -2.29. The van der Waals surface area contributed by atoms with Gasteiger partial charge in [-0.1, -0.05) is 37.1 Å². The van der Waals surface area contributed by atoms with E-state index in [1.165, 1.54) is 0 Å². The van der Waals surface area contributed by atoms with Crippen LogP contribution in [0.15, 0.2) is 21.7 Å². The first-order chi connectivity index (χ1) is 10.6. The van der Waals surface area contributed by atoms with Crippen LogP contribution in [0.25, 0.3) is 0 Å². The van der Waals surface area contributed by atoms with Crippen LogP contribution >= 0.6 is 0 Å². The summed E-state index contributed by atoms with van der Waals surface area (Å²) in [4.78, 5) is 24.0. The first-order valence-electron chi connectivity index (χ1n) is 7.75. The number of carboxylic acid groups (broad SMARTS) is 1. The van der Waals surface area contributed by atoms with E-state index >= 15 is 0 Å². The van der Waals surface area contributed by atoms with Crippen LogP contribution in [0.5, 0.6) is 0 Å². The molecule has 1 heterocycles. The fraction of sp³-hybridized carbons (Fsp3) is 0.588. The monoisotopic (exact) mass is 320 g/mol. The molecular weight excluding hydrogens is 296 g/mol. The first-order valence-corrected chi connectivity index (χ1v) is 7.75. The number of rotatable bonds is 3. The summed E-state index contributed by atoms with van der Waals surface area (Å²) in [5.74, 6) is -1.56. The van der Waals surface area contributed by atoms with Gasteiger partial charge in [-0.25, -0.2) is 0 Å². The Morgan fingerprint density at radius 3 is 2.26 bits per heavy atom. The van der Waals surface area contributed by atoms with Gasteiger partial charge in [0.15, 0.2) is 5.82 Å². The van der Waals surface area contributed by atoms with Crippen molar-refractivity contribution in [2.24, 2.45) is 11.8 Å². The van der Waals surface area contributed by atoms with E-state index in [0.29, 0.717) is 24.4 Å². The van der Waals surface area contributed by atoms with Gasteiger partial charge >= 0.3 is 5.97 Å². The SMILES string of the molecule is CC1=C(C)C[C@@H](C(=O)O)[C@@H](C(=O)Nc2cc(C(C)(C)C)on2)C1. The van der Waals surface area contributed by atoms with Gasteiger partial charge in [0.25, 0.3) is 0 Å². The van der Waals surface area contributed by atoms with Gasteiger partial charge in [0.1, 0.15) is 5.76 Å². The number of aliphatic carboxylic acids is 1. The Labute approximate surface area is 135 Å². The largest absolute Gasteiger partial charge is 0.481 e. The fourth-order valence-electron chi connectivity index (χ4n) is 2.73. The third-order valence-corrected chi connectivity index (χ3v) is 4.42. The molecule has 0 fully saturated rings. The van der Waals surface area contributed by atoms with Crippen molar-refractivity contribution >= 4 is 17.7 Å². The molecule has 0 aliphatic heterocycles. The van der Waals surface area contributed by atoms with Gasteiger partial charge in [-0.2, -0.15) is 0 Å². The van der Waals surface area contributed by atoms with Gasteiger partial charge in [-0.15, -0.1) is 0 Å². The van der Waals surface area contributed by atoms with Gasteiger partial charge < -0.3 is 14.9 Å². The summed E-state index contributed by atoms with van der Waals surface area (Å²) in [5.41, 5.74) is 1.93. The second kappa shape index (κ2) is 6.18. The number of anilines is 1. The molecule has 2 N–H and O–H groups in total. The van der Waals surface area contributed by atoms with Gasteiger partial charge in [0, 0.05) is 11.5 Å². The Morgan fingerprint density at radius 1 is 1.22 bits per heavy atom. The molecule has 0 radical (unpaired) electrons. The van der Waals surface area contributed by atoms with Crippen LogP contribution < -0.4 is 5.32 Å². The van der Waals surface area contributed by atoms with Crippen molar-refractivity contribution in [3.63, 3.8) is 0 Å². The zero-order valence-electron chi connectivity index (χ0n) is 14.3. The number of hydrogen-bond donors (Lipinski definition) is 2. The predicted molar refractivity (Wildman–Crippen MR) is 86.1 cm³/mol. The number of nitrogens with zero attached hydrogens (tertiary/aromatic N) is 1.